The Bertz CT molecular complexity index is 252. The number of allylic oxidation sites excluding steroid dienone is 2. The average molecular weight is 209 g/mol. The lowest BCUT2D eigenvalue weighted by Gasteiger charge is -2.19. The average Bonchev–Trinajstić information content (AvgIpc) is 2.63. The van der Waals surface area contributed by atoms with Gasteiger partial charge in [0.1, 0.15) is 0 Å². The summed E-state index contributed by atoms with van der Waals surface area (Å²) in [5.74, 6) is 0.760. The third-order valence-corrected chi connectivity index (χ3v) is 2.75. The minimum Gasteiger partial charge on any atom is -0.403 e. The number of nitrogens with two attached hydrogens (primary N) is 1. The fourth-order valence-electron chi connectivity index (χ4n) is 2.06. The van der Waals surface area contributed by atoms with E-state index in [9.17, 15) is 0 Å². The number of nitrogens with one attached hydrogen (secondary N) is 1. The molecule has 3 N–H and O–H groups in total. The van der Waals surface area contributed by atoms with E-state index in [-0.39, 0.29) is 0 Å². The van der Waals surface area contributed by atoms with Crippen LogP contribution >= 0.6 is 0 Å². The van der Waals surface area contributed by atoms with Crippen molar-refractivity contribution in [3.05, 3.63) is 23.5 Å². The molecule has 0 saturated carbocycles. The Hall–Kier alpha value is -0.960. The van der Waals surface area contributed by atoms with E-state index in [1.807, 2.05) is 7.05 Å². The first-order chi connectivity index (χ1) is 7.17. The van der Waals surface area contributed by atoms with Gasteiger partial charge < -0.3 is 16.0 Å². The normalized spacial score (nSPS) is 21.9. The van der Waals surface area contributed by atoms with Gasteiger partial charge in [-0.05, 0) is 45.9 Å². The molecule has 1 saturated heterocycles. The van der Waals surface area contributed by atoms with E-state index >= 15 is 0 Å². The topological polar surface area (TPSA) is 41.3 Å². The third kappa shape index (κ3) is 3.59. The molecule has 3 nitrogen and oxygen atoms in total. The van der Waals surface area contributed by atoms with Crippen LogP contribution in [0, 0.1) is 5.92 Å². The van der Waals surface area contributed by atoms with Gasteiger partial charge in [-0.2, -0.15) is 0 Å². The quantitative estimate of drug-likeness (QED) is 0.686. The van der Waals surface area contributed by atoms with Crippen LogP contribution in [0.25, 0.3) is 0 Å². The second kappa shape index (κ2) is 5.81. The predicted molar refractivity (Wildman–Crippen MR) is 65.3 cm³/mol. The van der Waals surface area contributed by atoms with Crippen LogP contribution in [0.5, 0.6) is 0 Å². The van der Waals surface area contributed by atoms with Gasteiger partial charge in [0.15, 0.2) is 0 Å². The van der Waals surface area contributed by atoms with E-state index in [4.69, 9.17) is 5.73 Å². The Morgan fingerprint density at radius 3 is 2.80 bits per heavy atom. The maximum atomic E-state index is 5.66. The molecule has 1 atom stereocenters. The summed E-state index contributed by atoms with van der Waals surface area (Å²) in [7, 11) is 2.01. The molecule has 0 aromatic rings. The molecule has 0 spiro atoms. The Morgan fingerprint density at radius 2 is 2.27 bits per heavy atom. The van der Waals surface area contributed by atoms with E-state index < -0.39 is 0 Å². The van der Waals surface area contributed by atoms with Crippen LogP contribution in [0.4, 0.5) is 0 Å². The van der Waals surface area contributed by atoms with Gasteiger partial charge in [0.25, 0.3) is 0 Å². The molecule has 0 amide bonds. The van der Waals surface area contributed by atoms with Gasteiger partial charge in [0.2, 0.25) is 0 Å². The molecule has 0 radical (unpaired) electrons. The highest BCUT2D eigenvalue weighted by Gasteiger charge is 2.22. The van der Waals surface area contributed by atoms with Crippen LogP contribution < -0.4 is 11.1 Å². The van der Waals surface area contributed by atoms with Crippen molar-refractivity contribution in [1.29, 1.82) is 0 Å². The zero-order valence-corrected chi connectivity index (χ0v) is 10.1. The van der Waals surface area contributed by atoms with Crippen molar-refractivity contribution in [3.63, 3.8) is 0 Å². The van der Waals surface area contributed by atoms with Crippen molar-refractivity contribution in [2.24, 2.45) is 11.7 Å². The molecule has 0 aliphatic carbocycles. The van der Waals surface area contributed by atoms with E-state index in [1.54, 1.807) is 6.20 Å². The maximum absolute atomic E-state index is 5.66. The van der Waals surface area contributed by atoms with E-state index in [2.05, 4.69) is 30.1 Å². The van der Waals surface area contributed by atoms with Gasteiger partial charge in [0.05, 0.1) is 5.70 Å². The van der Waals surface area contributed by atoms with Crippen molar-refractivity contribution in [2.75, 3.05) is 26.7 Å². The first-order valence-corrected chi connectivity index (χ1v) is 5.63. The molecule has 15 heavy (non-hydrogen) atoms. The van der Waals surface area contributed by atoms with Crippen molar-refractivity contribution < 1.29 is 0 Å². The number of likely N-dealkylation sites (tertiary alicyclic amines) is 1. The summed E-state index contributed by atoms with van der Waals surface area (Å²) in [6.45, 7) is 7.55. The number of hydrogen-bond donors (Lipinski definition) is 2. The first-order valence-electron chi connectivity index (χ1n) is 5.63. The minimum absolute atomic E-state index is 0.760. The lowest BCUT2D eigenvalue weighted by Crippen LogP contribution is -2.24. The van der Waals surface area contributed by atoms with Gasteiger partial charge in [0, 0.05) is 19.3 Å². The molecule has 1 heterocycles. The molecule has 0 aromatic carbocycles. The summed E-state index contributed by atoms with van der Waals surface area (Å²) in [4.78, 5) is 2.37. The molecular weight excluding hydrogens is 186 g/mol. The van der Waals surface area contributed by atoms with Crippen LogP contribution in [0.15, 0.2) is 23.5 Å². The molecule has 1 aliphatic rings. The van der Waals surface area contributed by atoms with Crippen LogP contribution in [-0.4, -0.2) is 31.6 Å². The SMILES string of the molecule is CNCC1CCN(/C(C=C(C)C)=C/N)C1. The largest absolute Gasteiger partial charge is 0.403 e. The molecular formula is C12H23N3. The Morgan fingerprint density at radius 1 is 1.53 bits per heavy atom. The second-order valence-corrected chi connectivity index (χ2v) is 4.47. The zero-order valence-electron chi connectivity index (χ0n) is 10.1. The summed E-state index contributed by atoms with van der Waals surface area (Å²) < 4.78 is 0. The monoisotopic (exact) mass is 209 g/mol. The lowest BCUT2D eigenvalue weighted by atomic mass is 10.1. The summed E-state index contributed by atoms with van der Waals surface area (Å²) in [5, 5.41) is 3.24. The van der Waals surface area contributed by atoms with Crippen molar-refractivity contribution in [3.8, 4) is 0 Å². The number of nitrogens with zero attached hydrogens (tertiary/aromatic N) is 1. The molecule has 86 valence electrons. The Kier molecular flexibility index (Phi) is 4.69. The van der Waals surface area contributed by atoms with Crippen LogP contribution in [0.2, 0.25) is 0 Å². The first kappa shape index (κ1) is 12.1. The molecule has 1 unspecified atom stereocenters. The fraction of sp³-hybridized carbons (Fsp3) is 0.667. The molecule has 1 aliphatic heterocycles. The summed E-state index contributed by atoms with van der Waals surface area (Å²) in [6, 6.07) is 0. The zero-order chi connectivity index (χ0) is 11.3. The van der Waals surface area contributed by atoms with Crippen molar-refractivity contribution in [1.82, 2.24) is 10.2 Å². The molecule has 0 aromatic heterocycles. The van der Waals surface area contributed by atoms with Gasteiger partial charge in [-0.1, -0.05) is 5.57 Å². The standard InChI is InChI=1S/C12H23N3/c1-10(2)6-12(7-13)15-5-4-11(9-15)8-14-3/h6-7,11,14H,4-5,8-9,13H2,1-3H3/b12-7+. The van der Waals surface area contributed by atoms with Crippen LogP contribution in [-0.2, 0) is 0 Å². The Balaban J connectivity index is 2.55. The van der Waals surface area contributed by atoms with Crippen LogP contribution in [0.1, 0.15) is 20.3 Å². The highest BCUT2D eigenvalue weighted by molar-refractivity contribution is 5.20. The summed E-state index contributed by atoms with van der Waals surface area (Å²) in [5.41, 5.74) is 8.11. The maximum Gasteiger partial charge on any atom is 0.0523 e. The van der Waals surface area contributed by atoms with Crippen molar-refractivity contribution >= 4 is 0 Å². The van der Waals surface area contributed by atoms with E-state index in [0.29, 0.717) is 0 Å². The van der Waals surface area contributed by atoms with Gasteiger partial charge in [-0.15, -0.1) is 0 Å². The molecule has 1 rings (SSSR count). The van der Waals surface area contributed by atoms with Crippen LogP contribution in [0.3, 0.4) is 0 Å². The van der Waals surface area contributed by atoms with Gasteiger partial charge >= 0.3 is 0 Å². The predicted octanol–water partition coefficient (Wildman–Crippen LogP) is 1.29. The fourth-order valence-corrected chi connectivity index (χ4v) is 2.06. The molecule has 1 fully saturated rings. The third-order valence-electron chi connectivity index (χ3n) is 2.75. The lowest BCUT2D eigenvalue weighted by molar-refractivity contribution is 0.409. The molecule has 3 heteroatoms. The summed E-state index contributed by atoms with van der Waals surface area (Å²) >= 11 is 0. The summed E-state index contributed by atoms with van der Waals surface area (Å²) in [6.07, 6.45) is 5.13. The highest BCUT2D eigenvalue weighted by Crippen LogP contribution is 2.20. The smallest absolute Gasteiger partial charge is 0.0523 e. The van der Waals surface area contributed by atoms with E-state index in [0.717, 1.165) is 31.2 Å². The Labute approximate surface area is 93.0 Å². The minimum atomic E-state index is 0.760. The molecule has 0 bridgehead atoms. The van der Waals surface area contributed by atoms with Gasteiger partial charge in [-0.3, -0.25) is 0 Å². The van der Waals surface area contributed by atoms with E-state index in [1.165, 1.54) is 12.0 Å². The van der Waals surface area contributed by atoms with Gasteiger partial charge in [-0.25, -0.2) is 0 Å². The number of rotatable bonds is 4. The highest BCUT2D eigenvalue weighted by atomic mass is 15.2. The van der Waals surface area contributed by atoms with Crippen molar-refractivity contribution in [2.45, 2.75) is 20.3 Å². The number of hydrogen-bond acceptors (Lipinski definition) is 3. The second-order valence-electron chi connectivity index (χ2n) is 4.47.